The lowest BCUT2D eigenvalue weighted by Gasteiger charge is -2.12. The fraction of sp³-hybridized carbons (Fsp3) is 0.308. The van der Waals surface area contributed by atoms with Gasteiger partial charge < -0.3 is 9.67 Å². The van der Waals surface area contributed by atoms with Gasteiger partial charge in [0.1, 0.15) is 5.82 Å². The highest BCUT2D eigenvalue weighted by atomic mass is 127. The first-order chi connectivity index (χ1) is 8.20. The largest absolute Gasteiger partial charge is 0.388 e. The van der Waals surface area contributed by atoms with Crippen molar-refractivity contribution in [3.63, 3.8) is 0 Å². The molecule has 1 N–H and O–H groups in total. The van der Waals surface area contributed by atoms with E-state index in [9.17, 15) is 5.11 Å². The Hall–Kier alpha value is -0.880. The molecule has 0 aliphatic heterocycles. The van der Waals surface area contributed by atoms with E-state index < -0.39 is 6.10 Å². The monoisotopic (exact) mass is 342 g/mol. The van der Waals surface area contributed by atoms with Gasteiger partial charge in [0, 0.05) is 28.9 Å². The first-order valence-electron chi connectivity index (χ1n) is 5.64. The van der Waals surface area contributed by atoms with E-state index in [0.29, 0.717) is 6.42 Å². The molecule has 1 unspecified atom stereocenters. The van der Waals surface area contributed by atoms with E-state index in [1.54, 1.807) is 6.20 Å². The van der Waals surface area contributed by atoms with E-state index in [1.807, 2.05) is 30.5 Å². The molecule has 90 valence electrons. The first-order valence-corrected chi connectivity index (χ1v) is 6.72. The minimum Gasteiger partial charge on any atom is -0.388 e. The Bertz CT molecular complexity index is 496. The van der Waals surface area contributed by atoms with Crippen molar-refractivity contribution in [3.8, 4) is 0 Å². The summed E-state index contributed by atoms with van der Waals surface area (Å²) >= 11 is 2.25. The van der Waals surface area contributed by atoms with Gasteiger partial charge in [-0.1, -0.05) is 12.1 Å². The lowest BCUT2D eigenvalue weighted by molar-refractivity contribution is 0.174. The highest BCUT2D eigenvalue weighted by molar-refractivity contribution is 14.1. The smallest absolute Gasteiger partial charge is 0.111 e. The fourth-order valence-corrected chi connectivity index (χ4v) is 2.39. The third-order valence-electron chi connectivity index (χ3n) is 2.75. The minimum atomic E-state index is -0.489. The lowest BCUT2D eigenvalue weighted by atomic mass is 10.1. The number of aryl methyl sites for hydroxylation is 1. The summed E-state index contributed by atoms with van der Waals surface area (Å²) in [6.07, 6.45) is 3.79. The van der Waals surface area contributed by atoms with Gasteiger partial charge in [-0.15, -0.1) is 0 Å². The Morgan fingerprint density at radius 2 is 2.29 bits per heavy atom. The van der Waals surface area contributed by atoms with Crippen LogP contribution in [0.2, 0.25) is 0 Å². The summed E-state index contributed by atoms with van der Waals surface area (Å²) in [5.74, 6) is 0.930. The quantitative estimate of drug-likeness (QED) is 0.868. The molecular formula is C13H15IN2O. The number of hydrogen-bond donors (Lipinski definition) is 1. The normalized spacial score (nSPS) is 12.6. The summed E-state index contributed by atoms with van der Waals surface area (Å²) in [6.45, 7) is 2.96. The van der Waals surface area contributed by atoms with Crippen LogP contribution in [0.3, 0.4) is 0 Å². The van der Waals surface area contributed by atoms with Gasteiger partial charge in [-0.2, -0.15) is 0 Å². The summed E-state index contributed by atoms with van der Waals surface area (Å²) in [5.41, 5.74) is 0.947. The number of hydrogen-bond acceptors (Lipinski definition) is 2. The number of aliphatic hydroxyl groups is 1. The molecule has 0 spiro atoms. The molecule has 0 radical (unpaired) electrons. The van der Waals surface area contributed by atoms with Gasteiger partial charge in [0.25, 0.3) is 0 Å². The molecule has 1 atom stereocenters. The van der Waals surface area contributed by atoms with Crippen molar-refractivity contribution in [3.05, 3.63) is 51.6 Å². The third kappa shape index (κ3) is 3.07. The number of benzene rings is 1. The van der Waals surface area contributed by atoms with Crippen LogP contribution in [-0.2, 0) is 13.0 Å². The number of aliphatic hydroxyl groups excluding tert-OH is 1. The molecule has 0 bridgehead atoms. The second-order valence-corrected chi connectivity index (χ2v) is 5.15. The zero-order chi connectivity index (χ0) is 12.3. The maximum atomic E-state index is 10.2. The van der Waals surface area contributed by atoms with Crippen LogP contribution in [0, 0.1) is 3.57 Å². The maximum Gasteiger partial charge on any atom is 0.111 e. The molecule has 1 aromatic heterocycles. The van der Waals surface area contributed by atoms with Gasteiger partial charge in [0.2, 0.25) is 0 Å². The summed E-state index contributed by atoms with van der Waals surface area (Å²) in [6, 6.07) is 7.94. The SMILES string of the molecule is CCn1ccnc1CC(O)c1cccc(I)c1. The Morgan fingerprint density at radius 1 is 1.47 bits per heavy atom. The second-order valence-electron chi connectivity index (χ2n) is 3.90. The first kappa shape index (κ1) is 12.6. The summed E-state index contributed by atoms with van der Waals surface area (Å²) in [4.78, 5) is 4.28. The zero-order valence-corrected chi connectivity index (χ0v) is 11.8. The van der Waals surface area contributed by atoms with Crippen LogP contribution in [0.5, 0.6) is 0 Å². The molecule has 3 nitrogen and oxygen atoms in total. The Labute approximate surface area is 115 Å². The van der Waals surface area contributed by atoms with E-state index in [-0.39, 0.29) is 0 Å². The van der Waals surface area contributed by atoms with Crippen molar-refractivity contribution in [1.29, 1.82) is 0 Å². The highest BCUT2D eigenvalue weighted by Gasteiger charge is 2.12. The second kappa shape index (κ2) is 5.64. The topological polar surface area (TPSA) is 38.0 Å². The zero-order valence-electron chi connectivity index (χ0n) is 9.68. The summed E-state index contributed by atoms with van der Waals surface area (Å²) in [7, 11) is 0. The fourth-order valence-electron chi connectivity index (χ4n) is 1.82. The van der Waals surface area contributed by atoms with Gasteiger partial charge in [-0.25, -0.2) is 4.98 Å². The molecule has 2 aromatic rings. The average molecular weight is 342 g/mol. The Balaban J connectivity index is 2.14. The van der Waals surface area contributed by atoms with Crippen molar-refractivity contribution in [2.75, 3.05) is 0 Å². The molecule has 17 heavy (non-hydrogen) atoms. The molecule has 0 fully saturated rings. The highest BCUT2D eigenvalue weighted by Crippen LogP contribution is 2.19. The number of imidazole rings is 1. The predicted molar refractivity (Wildman–Crippen MR) is 75.7 cm³/mol. The van der Waals surface area contributed by atoms with Crippen molar-refractivity contribution >= 4 is 22.6 Å². The van der Waals surface area contributed by atoms with Crippen LogP contribution in [0.1, 0.15) is 24.4 Å². The van der Waals surface area contributed by atoms with E-state index in [0.717, 1.165) is 21.5 Å². The minimum absolute atomic E-state index is 0.489. The van der Waals surface area contributed by atoms with Crippen LogP contribution in [0.4, 0.5) is 0 Å². The van der Waals surface area contributed by atoms with Gasteiger partial charge in [-0.05, 0) is 47.2 Å². The van der Waals surface area contributed by atoms with Gasteiger partial charge in [0.15, 0.2) is 0 Å². The standard InChI is InChI=1S/C13H15IN2O/c1-2-16-7-6-15-13(16)9-12(17)10-4-3-5-11(14)8-10/h3-8,12,17H,2,9H2,1H3. The Kier molecular flexibility index (Phi) is 4.17. The third-order valence-corrected chi connectivity index (χ3v) is 3.42. The average Bonchev–Trinajstić information content (AvgIpc) is 2.76. The maximum absolute atomic E-state index is 10.2. The molecule has 1 aromatic carbocycles. The van der Waals surface area contributed by atoms with Crippen molar-refractivity contribution in [2.45, 2.75) is 26.0 Å². The van der Waals surface area contributed by atoms with Crippen LogP contribution < -0.4 is 0 Å². The van der Waals surface area contributed by atoms with Gasteiger partial charge in [0.05, 0.1) is 6.10 Å². The number of nitrogens with zero attached hydrogens (tertiary/aromatic N) is 2. The molecule has 0 amide bonds. The van der Waals surface area contributed by atoms with E-state index >= 15 is 0 Å². The van der Waals surface area contributed by atoms with Crippen molar-refractivity contribution in [1.82, 2.24) is 9.55 Å². The van der Waals surface area contributed by atoms with E-state index in [1.165, 1.54) is 0 Å². The van der Waals surface area contributed by atoms with Crippen molar-refractivity contribution in [2.24, 2.45) is 0 Å². The Morgan fingerprint density at radius 3 is 3.00 bits per heavy atom. The molecule has 0 saturated carbocycles. The van der Waals surface area contributed by atoms with Gasteiger partial charge >= 0.3 is 0 Å². The number of rotatable bonds is 4. The molecule has 2 rings (SSSR count). The molecule has 1 heterocycles. The molecule has 0 aliphatic carbocycles. The van der Waals surface area contributed by atoms with Crippen molar-refractivity contribution < 1.29 is 5.11 Å². The predicted octanol–water partition coefficient (Wildman–Crippen LogP) is 2.78. The lowest BCUT2D eigenvalue weighted by Crippen LogP contribution is -2.08. The molecular weight excluding hydrogens is 327 g/mol. The van der Waals surface area contributed by atoms with Crippen LogP contribution in [0.15, 0.2) is 36.7 Å². The molecule has 0 saturated heterocycles. The summed E-state index contributed by atoms with van der Waals surface area (Å²) < 4.78 is 3.19. The van der Waals surface area contributed by atoms with E-state index in [2.05, 4.69) is 39.1 Å². The molecule has 0 aliphatic rings. The number of aromatic nitrogens is 2. The van der Waals surface area contributed by atoms with E-state index in [4.69, 9.17) is 0 Å². The molecule has 4 heteroatoms. The summed E-state index contributed by atoms with van der Waals surface area (Å²) in [5, 5.41) is 10.2. The van der Waals surface area contributed by atoms with Crippen LogP contribution in [-0.4, -0.2) is 14.7 Å². The van der Waals surface area contributed by atoms with Crippen LogP contribution >= 0.6 is 22.6 Å². The van der Waals surface area contributed by atoms with Gasteiger partial charge in [-0.3, -0.25) is 0 Å². The number of halogens is 1. The van der Waals surface area contributed by atoms with Crippen LogP contribution in [0.25, 0.3) is 0 Å².